The molecule has 0 N–H and O–H groups in total. The molecule has 0 fully saturated rings. The largest absolute Gasteiger partial charge is 0.418 e. The maximum Gasteiger partial charge on any atom is 0.418 e. The van der Waals surface area contributed by atoms with Gasteiger partial charge in [-0.15, -0.1) is 0 Å². The topological polar surface area (TPSA) is 14.8 Å². The van der Waals surface area contributed by atoms with Crippen LogP contribution in [0.3, 0.4) is 0 Å². The molecular weight excluding hydrogens is 627 g/mol. The van der Waals surface area contributed by atoms with Gasteiger partial charge in [0.15, 0.2) is 0 Å². The summed E-state index contributed by atoms with van der Waals surface area (Å²) in [5, 5.41) is 5.72. The summed E-state index contributed by atoms with van der Waals surface area (Å²) in [4.78, 5) is 0. The Kier molecular flexibility index (Phi) is 5.95. The monoisotopic (exact) mass is 655 g/mol. The van der Waals surface area contributed by atoms with Gasteiger partial charge in [0.25, 0.3) is 0 Å². The summed E-state index contributed by atoms with van der Waals surface area (Å²) in [6, 6.07) is 48.7. The number of hydrogen-bond donors (Lipinski definition) is 0. The van der Waals surface area contributed by atoms with Crippen LogP contribution in [0.4, 0.5) is 13.2 Å². The molecule has 10 rings (SSSR count). The van der Waals surface area contributed by atoms with Gasteiger partial charge >= 0.3 is 6.18 Å². The third kappa shape index (κ3) is 3.87. The van der Waals surface area contributed by atoms with E-state index in [1.807, 2.05) is 166 Å². The highest BCUT2D eigenvalue weighted by Gasteiger charge is 2.39. The van der Waals surface area contributed by atoms with E-state index in [1.165, 1.54) is 6.07 Å². The molecule has 6 heteroatoms. The fourth-order valence-electron chi connectivity index (χ4n) is 8.20. The Hall–Kier alpha value is -6.27. The lowest BCUT2D eigenvalue weighted by Crippen LogP contribution is -2.17. The number of aromatic nitrogens is 3. The van der Waals surface area contributed by atoms with Crippen LogP contribution in [-0.2, 0) is 6.18 Å². The first-order valence-electron chi connectivity index (χ1n) is 16.6. The number of rotatable bonds is 3. The lowest BCUT2D eigenvalue weighted by atomic mass is 10.0. The molecule has 3 nitrogen and oxygen atoms in total. The Bertz CT molecular complexity index is 2830. The summed E-state index contributed by atoms with van der Waals surface area (Å²) in [6.07, 6.45) is -4.70. The van der Waals surface area contributed by atoms with Gasteiger partial charge in [0.2, 0.25) is 0 Å². The molecule has 10 aromatic rings. The van der Waals surface area contributed by atoms with E-state index in [9.17, 15) is 0 Å². The Labute approximate surface area is 284 Å². The molecule has 3 heterocycles. The van der Waals surface area contributed by atoms with Gasteiger partial charge < -0.3 is 13.7 Å². The summed E-state index contributed by atoms with van der Waals surface area (Å²) in [5.41, 5.74) is 5.90. The first kappa shape index (κ1) is 28.7. The number of hydrogen-bond acceptors (Lipinski definition) is 0. The molecule has 0 aliphatic heterocycles. The molecule has 0 aliphatic rings. The van der Waals surface area contributed by atoms with Gasteiger partial charge in [-0.2, -0.15) is 13.2 Å². The molecule has 240 valence electrons. The molecule has 0 saturated heterocycles. The maximum absolute atomic E-state index is 16.0. The molecule has 50 heavy (non-hydrogen) atoms. The van der Waals surface area contributed by atoms with Crippen molar-refractivity contribution in [2.45, 2.75) is 13.1 Å². The number of para-hydroxylation sites is 6. The van der Waals surface area contributed by atoms with Gasteiger partial charge in [-0.1, -0.05) is 109 Å². The fraction of sp³-hybridized carbons (Fsp3) is 0.0455. The third-order valence-electron chi connectivity index (χ3n) is 10.2. The van der Waals surface area contributed by atoms with E-state index < -0.39 is 11.7 Å². The average molecular weight is 656 g/mol. The normalized spacial score (nSPS) is 12.4. The van der Waals surface area contributed by atoms with Crippen LogP contribution in [0.2, 0.25) is 0 Å². The van der Waals surface area contributed by atoms with E-state index in [2.05, 4.69) is 0 Å². The lowest BCUT2D eigenvalue weighted by molar-refractivity contribution is -0.137. The van der Waals surface area contributed by atoms with Crippen molar-refractivity contribution < 1.29 is 13.2 Å². The van der Waals surface area contributed by atoms with Gasteiger partial charge in [-0.25, -0.2) is 0 Å². The molecule has 0 radical (unpaired) electrons. The van der Waals surface area contributed by atoms with Crippen molar-refractivity contribution in [3.63, 3.8) is 0 Å². The summed E-state index contributed by atoms with van der Waals surface area (Å²) < 4.78 is 54.0. The van der Waals surface area contributed by atoms with Gasteiger partial charge in [0, 0.05) is 32.3 Å². The SMILES string of the molecule is Cc1c(-n2c3ccccc3c3ccccc32)cc(C(F)(F)F)c(-n2c3ccccc3c3ccccc32)c1-n1c2ccccc2c2ccccc21. The minimum absolute atomic E-state index is 0.100. The summed E-state index contributed by atoms with van der Waals surface area (Å²) >= 11 is 0. The van der Waals surface area contributed by atoms with Crippen LogP contribution in [0.15, 0.2) is 152 Å². The molecule has 0 spiro atoms. The molecule has 0 amide bonds. The minimum atomic E-state index is -4.70. The summed E-state index contributed by atoms with van der Waals surface area (Å²) in [5.74, 6) is 0. The highest BCUT2D eigenvalue weighted by atomic mass is 19.4. The van der Waals surface area contributed by atoms with Crippen molar-refractivity contribution in [1.29, 1.82) is 0 Å². The van der Waals surface area contributed by atoms with Crippen LogP contribution in [0.1, 0.15) is 11.1 Å². The third-order valence-corrected chi connectivity index (χ3v) is 10.2. The number of benzene rings is 7. The van der Waals surface area contributed by atoms with Crippen LogP contribution in [-0.4, -0.2) is 13.7 Å². The second kappa shape index (κ2) is 10.4. The van der Waals surface area contributed by atoms with Crippen molar-refractivity contribution in [3.8, 4) is 17.1 Å². The van der Waals surface area contributed by atoms with E-state index in [0.29, 0.717) is 22.4 Å². The molecule has 0 bridgehead atoms. The van der Waals surface area contributed by atoms with E-state index in [4.69, 9.17) is 0 Å². The zero-order chi connectivity index (χ0) is 33.7. The van der Waals surface area contributed by atoms with Crippen molar-refractivity contribution in [1.82, 2.24) is 13.7 Å². The van der Waals surface area contributed by atoms with Crippen molar-refractivity contribution in [3.05, 3.63) is 163 Å². The van der Waals surface area contributed by atoms with Gasteiger partial charge in [0.1, 0.15) is 0 Å². The maximum atomic E-state index is 16.0. The Morgan fingerprint density at radius 3 is 0.980 bits per heavy atom. The quantitative estimate of drug-likeness (QED) is 0.180. The number of fused-ring (bicyclic) bond motifs is 9. The first-order chi connectivity index (χ1) is 24.4. The molecular formula is C44H28F3N3. The first-order valence-corrected chi connectivity index (χ1v) is 16.6. The number of nitrogens with zero attached hydrogens (tertiary/aromatic N) is 3. The Morgan fingerprint density at radius 2 is 0.660 bits per heavy atom. The van der Waals surface area contributed by atoms with Crippen molar-refractivity contribution in [2.75, 3.05) is 0 Å². The summed E-state index contributed by atoms with van der Waals surface area (Å²) in [7, 11) is 0. The Balaban J connectivity index is 1.49. The van der Waals surface area contributed by atoms with Crippen LogP contribution in [0, 0.1) is 6.92 Å². The molecule has 0 saturated carbocycles. The highest BCUT2D eigenvalue weighted by Crippen LogP contribution is 2.47. The average Bonchev–Trinajstić information content (AvgIpc) is 3.77. The lowest BCUT2D eigenvalue weighted by Gasteiger charge is -2.26. The second-order valence-corrected chi connectivity index (χ2v) is 12.9. The fourth-order valence-corrected chi connectivity index (χ4v) is 8.20. The molecule has 0 atom stereocenters. The number of alkyl halides is 3. The predicted molar refractivity (Wildman–Crippen MR) is 199 cm³/mol. The molecule has 7 aromatic carbocycles. The number of halogens is 3. The van der Waals surface area contributed by atoms with Crippen molar-refractivity contribution in [2.24, 2.45) is 0 Å². The van der Waals surface area contributed by atoms with Crippen molar-refractivity contribution >= 4 is 65.4 Å². The molecule has 0 aliphatic carbocycles. The van der Waals surface area contributed by atoms with E-state index in [-0.39, 0.29) is 5.69 Å². The molecule has 0 unspecified atom stereocenters. The highest BCUT2D eigenvalue weighted by molar-refractivity contribution is 6.13. The van der Waals surface area contributed by atoms with E-state index in [0.717, 1.165) is 59.9 Å². The van der Waals surface area contributed by atoms with Crippen LogP contribution < -0.4 is 0 Å². The van der Waals surface area contributed by atoms with E-state index >= 15 is 13.2 Å². The smallest absolute Gasteiger partial charge is 0.309 e. The second-order valence-electron chi connectivity index (χ2n) is 12.9. The van der Waals surface area contributed by atoms with Gasteiger partial charge in [0.05, 0.1) is 55.7 Å². The zero-order valence-electron chi connectivity index (χ0n) is 26.9. The molecule has 3 aromatic heterocycles. The van der Waals surface area contributed by atoms with Crippen LogP contribution in [0.25, 0.3) is 82.5 Å². The minimum Gasteiger partial charge on any atom is -0.309 e. The van der Waals surface area contributed by atoms with E-state index in [1.54, 1.807) is 0 Å². The van der Waals surface area contributed by atoms with Crippen LogP contribution >= 0.6 is 0 Å². The van der Waals surface area contributed by atoms with Gasteiger partial charge in [-0.3, -0.25) is 0 Å². The van der Waals surface area contributed by atoms with Gasteiger partial charge in [-0.05, 0) is 55.0 Å². The van der Waals surface area contributed by atoms with Crippen LogP contribution in [0.5, 0.6) is 0 Å². The zero-order valence-corrected chi connectivity index (χ0v) is 26.9. The predicted octanol–water partition coefficient (Wildman–Crippen LogP) is 12.3. The summed E-state index contributed by atoms with van der Waals surface area (Å²) in [6.45, 7) is 1.97. The Morgan fingerprint density at radius 1 is 0.380 bits per heavy atom. The standard InChI is InChI=1S/C44H28F3N3/c1-27-41(48-35-20-8-2-14-28(35)29-15-3-9-21-36(29)48)26-34(44(45,46)47)43(50-39-24-12-6-18-32(39)33-19-7-13-25-40(33)50)42(27)49-37-22-10-4-16-30(37)31-17-5-11-23-38(31)49/h2-26H,1H3.